The highest BCUT2D eigenvalue weighted by molar-refractivity contribution is 6.05. The summed E-state index contributed by atoms with van der Waals surface area (Å²) in [6.07, 6.45) is 0.771. The summed E-state index contributed by atoms with van der Waals surface area (Å²) >= 11 is 0. The lowest BCUT2D eigenvalue weighted by Gasteiger charge is -2.25. The van der Waals surface area contributed by atoms with E-state index >= 15 is 0 Å². The first kappa shape index (κ1) is 15.0. The number of H-pyrrole nitrogens is 1. The summed E-state index contributed by atoms with van der Waals surface area (Å²) in [7, 11) is 0. The quantitative estimate of drug-likeness (QED) is 0.608. The van der Waals surface area contributed by atoms with Crippen LogP contribution in [0, 0.1) is 0 Å². The molecule has 1 aliphatic heterocycles. The van der Waals surface area contributed by atoms with Gasteiger partial charge in [-0.2, -0.15) is 5.10 Å². The van der Waals surface area contributed by atoms with Gasteiger partial charge in [0, 0.05) is 5.39 Å². The first-order chi connectivity index (χ1) is 12.2. The van der Waals surface area contributed by atoms with Crippen LogP contribution in [0.5, 0.6) is 11.5 Å². The average molecular weight is 338 g/mol. The Kier molecular flexibility index (Phi) is 3.70. The molecule has 25 heavy (non-hydrogen) atoms. The lowest BCUT2D eigenvalue weighted by Crippen LogP contribution is -2.50. The fraction of sp³-hybridized carbons (Fsp3) is 0.118. The molecule has 1 unspecified atom stereocenters. The Balaban J connectivity index is 1.41. The van der Waals surface area contributed by atoms with E-state index in [-0.39, 0.29) is 6.61 Å². The van der Waals surface area contributed by atoms with Crippen molar-refractivity contribution in [1.82, 2.24) is 21.0 Å². The fourth-order valence-electron chi connectivity index (χ4n) is 2.57. The normalized spacial score (nSPS) is 15.6. The molecule has 0 bridgehead atoms. The number of hydrogen-bond donors (Lipinski definition) is 3. The van der Waals surface area contributed by atoms with Crippen LogP contribution in [0.4, 0.5) is 0 Å². The van der Waals surface area contributed by atoms with Gasteiger partial charge in [0.15, 0.2) is 11.5 Å². The van der Waals surface area contributed by atoms with Gasteiger partial charge in [-0.25, -0.2) is 0 Å². The molecule has 4 rings (SSSR count). The van der Waals surface area contributed by atoms with Gasteiger partial charge in [-0.3, -0.25) is 25.5 Å². The molecule has 0 saturated heterocycles. The zero-order chi connectivity index (χ0) is 17.2. The maximum Gasteiger partial charge on any atom is 0.283 e. The molecule has 0 fully saturated rings. The molecule has 0 radical (unpaired) electrons. The molecule has 0 spiro atoms. The Morgan fingerprint density at radius 1 is 1.08 bits per heavy atom. The number of nitrogens with one attached hydrogen (secondary N) is 3. The highest BCUT2D eigenvalue weighted by Gasteiger charge is 2.27. The predicted molar refractivity (Wildman–Crippen MR) is 88.1 cm³/mol. The molecular formula is C17H14N4O4. The van der Waals surface area contributed by atoms with Crippen molar-refractivity contribution in [2.75, 3.05) is 6.61 Å². The molecule has 8 nitrogen and oxygen atoms in total. The molecule has 0 saturated carbocycles. The van der Waals surface area contributed by atoms with Gasteiger partial charge in [-0.1, -0.05) is 24.3 Å². The zero-order valence-electron chi connectivity index (χ0n) is 13.0. The third-order valence-corrected chi connectivity index (χ3v) is 3.82. The smallest absolute Gasteiger partial charge is 0.283 e. The minimum absolute atomic E-state index is 0.0643. The number of aromatic nitrogens is 2. The molecule has 3 N–H and O–H groups in total. The maximum atomic E-state index is 12.3. The second kappa shape index (κ2) is 6.16. The van der Waals surface area contributed by atoms with Crippen LogP contribution >= 0.6 is 0 Å². The summed E-state index contributed by atoms with van der Waals surface area (Å²) in [5.41, 5.74) is 5.71. The minimum atomic E-state index is -0.849. The number of nitrogens with zero attached hydrogens (tertiary/aromatic N) is 1. The van der Waals surface area contributed by atoms with E-state index < -0.39 is 17.9 Å². The third-order valence-electron chi connectivity index (χ3n) is 3.82. The molecule has 3 aromatic rings. The van der Waals surface area contributed by atoms with Crippen LogP contribution in [-0.4, -0.2) is 34.7 Å². The van der Waals surface area contributed by atoms with E-state index in [9.17, 15) is 9.59 Å². The van der Waals surface area contributed by atoms with Crippen molar-refractivity contribution in [3.63, 3.8) is 0 Å². The van der Waals surface area contributed by atoms with Gasteiger partial charge in [-0.15, -0.1) is 0 Å². The Labute approximate surface area is 142 Å². The van der Waals surface area contributed by atoms with E-state index in [1.165, 1.54) is 0 Å². The number of ether oxygens (including phenoxy) is 2. The summed E-state index contributed by atoms with van der Waals surface area (Å²) in [6.45, 7) is 0.0643. The van der Waals surface area contributed by atoms with E-state index in [0.29, 0.717) is 22.6 Å². The number of carbonyl (C=O) groups is 2. The molecule has 2 aromatic carbocycles. The molecule has 0 aliphatic carbocycles. The molecule has 1 atom stereocenters. The number of aromatic amines is 1. The van der Waals surface area contributed by atoms with Gasteiger partial charge in [-0.05, 0) is 18.2 Å². The number of amides is 2. The van der Waals surface area contributed by atoms with Crippen LogP contribution < -0.4 is 20.3 Å². The van der Waals surface area contributed by atoms with E-state index in [4.69, 9.17) is 9.47 Å². The van der Waals surface area contributed by atoms with Crippen molar-refractivity contribution < 1.29 is 19.1 Å². The maximum absolute atomic E-state index is 12.3. The highest BCUT2D eigenvalue weighted by atomic mass is 16.6. The number of rotatable bonds is 2. The first-order valence-electron chi connectivity index (χ1n) is 7.63. The van der Waals surface area contributed by atoms with Gasteiger partial charge in [0.1, 0.15) is 6.61 Å². The van der Waals surface area contributed by atoms with Gasteiger partial charge in [0.25, 0.3) is 11.8 Å². The molecule has 2 amide bonds. The number of fused-ring (bicyclic) bond motifs is 2. The second-order valence-corrected chi connectivity index (χ2v) is 5.45. The van der Waals surface area contributed by atoms with Crippen LogP contribution in [0.15, 0.2) is 48.7 Å². The van der Waals surface area contributed by atoms with Gasteiger partial charge in [0.05, 0.1) is 17.3 Å². The second-order valence-electron chi connectivity index (χ2n) is 5.45. The fourth-order valence-corrected chi connectivity index (χ4v) is 2.57. The number of benzene rings is 2. The molecule has 126 valence electrons. The van der Waals surface area contributed by atoms with Crippen molar-refractivity contribution in [2.45, 2.75) is 6.10 Å². The Bertz CT molecular complexity index is 952. The lowest BCUT2D eigenvalue weighted by atomic mass is 10.1. The van der Waals surface area contributed by atoms with Gasteiger partial charge >= 0.3 is 0 Å². The van der Waals surface area contributed by atoms with E-state index in [0.717, 1.165) is 5.39 Å². The largest absolute Gasteiger partial charge is 0.485 e. The minimum Gasteiger partial charge on any atom is -0.485 e. The van der Waals surface area contributed by atoms with Crippen LogP contribution in [0.1, 0.15) is 10.4 Å². The number of hydrazine groups is 1. The van der Waals surface area contributed by atoms with E-state index in [1.807, 2.05) is 12.1 Å². The SMILES string of the molecule is O=C(NNC(=O)C1COc2ccccc2O1)c1cccc2cn[nH]c12. The Morgan fingerprint density at radius 3 is 2.80 bits per heavy atom. The topological polar surface area (TPSA) is 105 Å². The highest BCUT2D eigenvalue weighted by Crippen LogP contribution is 2.30. The summed E-state index contributed by atoms with van der Waals surface area (Å²) in [5.74, 6) is 0.115. The zero-order valence-corrected chi connectivity index (χ0v) is 13.0. The van der Waals surface area contributed by atoms with Gasteiger partial charge < -0.3 is 9.47 Å². The van der Waals surface area contributed by atoms with Crippen LogP contribution in [0.3, 0.4) is 0 Å². The Morgan fingerprint density at radius 2 is 1.92 bits per heavy atom. The van der Waals surface area contributed by atoms with Crippen molar-refractivity contribution in [3.8, 4) is 11.5 Å². The lowest BCUT2D eigenvalue weighted by molar-refractivity contribution is -0.131. The van der Waals surface area contributed by atoms with Crippen molar-refractivity contribution in [2.24, 2.45) is 0 Å². The number of para-hydroxylation sites is 3. The molecule has 1 aliphatic rings. The van der Waals surface area contributed by atoms with Crippen LogP contribution in [0.25, 0.3) is 10.9 Å². The summed E-state index contributed by atoms with van der Waals surface area (Å²) in [6, 6.07) is 12.3. The van der Waals surface area contributed by atoms with Crippen LogP contribution in [-0.2, 0) is 4.79 Å². The summed E-state index contributed by atoms with van der Waals surface area (Å²) in [5, 5.41) is 7.47. The summed E-state index contributed by atoms with van der Waals surface area (Å²) < 4.78 is 11.1. The number of carbonyl (C=O) groups excluding carboxylic acids is 2. The number of hydrogen-bond acceptors (Lipinski definition) is 5. The van der Waals surface area contributed by atoms with Crippen LogP contribution in [0.2, 0.25) is 0 Å². The standard InChI is InChI=1S/C17H14N4O4/c22-16(11-5-3-4-10-8-18-19-15(10)11)20-21-17(23)14-9-24-12-6-1-2-7-13(12)25-14/h1-8,14H,9H2,(H,18,19)(H,20,22)(H,21,23). The molecule has 2 heterocycles. The van der Waals surface area contributed by atoms with E-state index in [2.05, 4.69) is 21.0 Å². The van der Waals surface area contributed by atoms with Crippen molar-refractivity contribution in [1.29, 1.82) is 0 Å². The molecule has 8 heteroatoms. The van der Waals surface area contributed by atoms with E-state index in [1.54, 1.807) is 36.5 Å². The third kappa shape index (κ3) is 2.85. The summed E-state index contributed by atoms with van der Waals surface area (Å²) in [4.78, 5) is 24.5. The average Bonchev–Trinajstić information content (AvgIpc) is 3.14. The van der Waals surface area contributed by atoms with Gasteiger partial charge in [0.2, 0.25) is 6.10 Å². The van der Waals surface area contributed by atoms with Crippen molar-refractivity contribution >= 4 is 22.7 Å². The molecule has 1 aromatic heterocycles. The van der Waals surface area contributed by atoms with Crippen molar-refractivity contribution in [3.05, 3.63) is 54.2 Å². The monoisotopic (exact) mass is 338 g/mol. The predicted octanol–water partition coefficient (Wildman–Crippen LogP) is 1.16. The molecular weight excluding hydrogens is 324 g/mol. The Hall–Kier alpha value is -3.55. The first-order valence-corrected chi connectivity index (χ1v) is 7.63.